The number of nitrogens with zero attached hydrogens (tertiary/aromatic N) is 2. The van der Waals surface area contributed by atoms with Crippen molar-refractivity contribution in [3.63, 3.8) is 0 Å². The highest BCUT2D eigenvalue weighted by Crippen LogP contribution is 2.39. The van der Waals surface area contributed by atoms with Gasteiger partial charge >= 0.3 is 12.1 Å². The molecule has 116 valence electrons. The van der Waals surface area contributed by atoms with Gasteiger partial charge in [-0.05, 0) is 19.9 Å². The van der Waals surface area contributed by atoms with E-state index >= 15 is 0 Å². The first kappa shape index (κ1) is 15.9. The van der Waals surface area contributed by atoms with E-state index < -0.39 is 23.1 Å². The summed E-state index contributed by atoms with van der Waals surface area (Å²) in [6.07, 6.45) is -2.07. The Labute approximate surface area is 124 Å². The van der Waals surface area contributed by atoms with E-state index in [4.69, 9.17) is 0 Å². The average molecular weight is 310 g/mol. The van der Waals surface area contributed by atoms with E-state index in [2.05, 4.69) is 9.97 Å². The van der Waals surface area contributed by atoms with Crippen LogP contribution in [0.25, 0.3) is 11.3 Å². The molecule has 7 heteroatoms. The Balaban J connectivity index is 2.74. The molecule has 22 heavy (non-hydrogen) atoms. The number of hydrogen-bond donors (Lipinski definition) is 1. The zero-order valence-corrected chi connectivity index (χ0v) is 11.8. The third-order valence-corrected chi connectivity index (χ3v) is 3.31. The molecule has 0 fully saturated rings. The summed E-state index contributed by atoms with van der Waals surface area (Å²) >= 11 is 0. The Bertz CT molecular complexity index is 712. The number of rotatable bonds is 3. The fourth-order valence-electron chi connectivity index (χ4n) is 2.03. The van der Waals surface area contributed by atoms with Crippen LogP contribution in [-0.2, 0) is 16.4 Å². The normalized spacial score (nSPS) is 12.2. The molecular formula is C15H13F3N2O2. The van der Waals surface area contributed by atoms with Crippen molar-refractivity contribution in [2.24, 2.45) is 0 Å². The predicted molar refractivity (Wildman–Crippen MR) is 73.1 cm³/mol. The zero-order chi connectivity index (χ0) is 16.5. The summed E-state index contributed by atoms with van der Waals surface area (Å²) in [4.78, 5) is 19.3. The van der Waals surface area contributed by atoms with Gasteiger partial charge < -0.3 is 5.11 Å². The van der Waals surface area contributed by atoms with Crippen LogP contribution in [0.1, 0.15) is 25.1 Å². The summed E-state index contributed by atoms with van der Waals surface area (Å²) in [5.41, 5.74) is -2.63. The Morgan fingerprint density at radius 1 is 1.09 bits per heavy atom. The summed E-state index contributed by atoms with van der Waals surface area (Å²) in [6, 6.07) is 4.90. The number of benzene rings is 1. The number of alkyl halides is 3. The van der Waals surface area contributed by atoms with Crippen LogP contribution in [0.3, 0.4) is 0 Å². The van der Waals surface area contributed by atoms with Crippen molar-refractivity contribution in [2.75, 3.05) is 0 Å². The third-order valence-electron chi connectivity index (χ3n) is 3.31. The van der Waals surface area contributed by atoms with E-state index in [1.54, 1.807) is 0 Å². The van der Waals surface area contributed by atoms with Gasteiger partial charge in [-0.3, -0.25) is 14.8 Å². The number of halogens is 3. The molecule has 0 aliphatic heterocycles. The van der Waals surface area contributed by atoms with E-state index in [1.807, 2.05) is 0 Å². The molecule has 0 spiro atoms. The molecule has 2 rings (SSSR count). The minimum Gasteiger partial charge on any atom is -0.481 e. The van der Waals surface area contributed by atoms with E-state index in [1.165, 1.54) is 44.4 Å². The van der Waals surface area contributed by atoms with Crippen LogP contribution in [0.5, 0.6) is 0 Å². The van der Waals surface area contributed by atoms with Crippen molar-refractivity contribution in [3.8, 4) is 11.3 Å². The summed E-state index contributed by atoms with van der Waals surface area (Å²) in [6.45, 7) is 2.75. The second kappa shape index (κ2) is 5.40. The molecule has 1 aromatic carbocycles. The van der Waals surface area contributed by atoms with E-state index in [0.29, 0.717) is 0 Å². The molecule has 0 atom stereocenters. The minimum atomic E-state index is -4.57. The SMILES string of the molecule is CC(C)(C(=O)O)c1nccnc1-c1ccccc1C(F)(F)F. The first-order chi connectivity index (χ1) is 10.2. The van der Waals surface area contributed by atoms with Gasteiger partial charge in [-0.1, -0.05) is 18.2 Å². The molecule has 0 aliphatic rings. The average Bonchev–Trinajstić information content (AvgIpc) is 2.46. The lowest BCUT2D eigenvalue weighted by Gasteiger charge is -2.22. The van der Waals surface area contributed by atoms with Crippen molar-refractivity contribution >= 4 is 5.97 Å². The monoisotopic (exact) mass is 310 g/mol. The first-order valence-electron chi connectivity index (χ1n) is 6.37. The van der Waals surface area contributed by atoms with Crippen LogP contribution in [0.15, 0.2) is 36.7 Å². The molecule has 0 unspecified atom stereocenters. The number of carboxylic acid groups (broad SMARTS) is 1. The van der Waals surface area contributed by atoms with Gasteiger partial charge in [0.05, 0.1) is 17.0 Å². The van der Waals surface area contributed by atoms with Gasteiger partial charge in [-0.25, -0.2) is 0 Å². The highest BCUT2D eigenvalue weighted by Gasteiger charge is 2.38. The standard InChI is InChI=1S/C15H13F3N2O2/c1-14(2,13(21)22)12-11(19-7-8-20-12)9-5-3-4-6-10(9)15(16,17)18/h3-8H,1-2H3,(H,21,22). The maximum Gasteiger partial charge on any atom is 0.417 e. The number of hydrogen-bond acceptors (Lipinski definition) is 3. The molecule has 0 bridgehead atoms. The highest BCUT2D eigenvalue weighted by molar-refractivity contribution is 5.83. The van der Waals surface area contributed by atoms with E-state index in [-0.39, 0.29) is 17.0 Å². The maximum absolute atomic E-state index is 13.2. The second-order valence-corrected chi connectivity index (χ2v) is 5.23. The zero-order valence-electron chi connectivity index (χ0n) is 11.8. The fraction of sp³-hybridized carbons (Fsp3) is 0.267. The van der Waals surface area contributed by atoms with Crippen LogP contribution in [0.2, 0.25) is 0 Å². The van der Waals surface area contributed by atoms with Crippen LogP contribution in [0.4, 0.5) is 13.2 Å². The van der Waals surface area contributed by atoms with Gasteiger partial charge in [0.15, 0.2) is 0 Å². The number of aromatic nitrogens is 2. The van der Waals surface area contributed by atoms with Crippen molar-refractivity contribution in [1.29, 1.82) is 0 Å². The van der Waals surface area contributed by atoms with Crippen LogP contribution in [0, 0.1) is 0 Å². The molecule has 0 aliphatic carbocycles. The van der Waals surface area contributed by atoms with E-state index in [0.717, 1.165) is 6.07 Å². The molecule has 0 saturated heterocycles. The molecule has 2 aromatic rings. The van der Waals surface area contributed by atoms with Crippen molar-refractivity contribution < 1.29 is 23.1 Å². The van der Waals surface area contributed by atoms with Crippen molar-refractivity contribution in [2.45, 2.75) is 25.4 Å². The lowest BCUT2D eigenvalue weighted by atomic mass is 9.85. The summed E-state index contributed by atoms with van der Waals surface area (Å²) in [7, 11) is 0. The Morgan fingerprint density at radius 3 is 2.27 bits per heavy atom. The molecule has 0 amide bonds. The van der Waals surface area contributed by atoms with Gasteiger partial charge in [-0.2, -0.15) is 13.2 Å². The fourth-order valence-corrected chi connectivity index (χ4v) is 2.03. The second-order valence-electron chi connectivity index (χ2n) is 5.23. The highest BCUT2D eigenvalue weighted by atomic mass is 19.4. The molecule has 1 heterocycles. The van der Waals surface area contributed by atoms with E-state index in [9.17, 15) is 23.1 Å². The quantitative estimate of drug-likeness (QED) is 0.942. The first-order valence-corrected chi connectivity index (χ1v) is 6.37. The molecule has 4 nitrogen and oxygen atoms in total. The summed E-state index contributed by atoms with van der Waals surface area (Å²) in [5.74, 6) is -1.20. The van der Waals surface area contributed by atoms with Crippen molar-refractivity contribution in [1.82, 2.24) is 9.97 Å². The summed E-state index contributed by atoms with van der Waals surface area (Å²) in [5, 5.41) is 9.31. The molecule has 1 aromatic heterocycles. The molecular weight excluding hydrogens is 297 g/mol. The predicted octanol–water partition coefficient (Wildman–Crippen LogP) is 3.52. The largest absolute Gasteiger partial charge is 0.481 e. The lowest BCUT2D eigenvalue weighted by molar-refractivity contribution is -0.142. The molecule has 0 saturated carbocycles. The van der Waals surface area contributed by atoms with Gasteiger partial charge in [0.2, 0.25) is 0 Å². The topological polar surface area (TPSA) is 63.1 Å². The number of carbonyl (C=O) groups is 1. The van der Waals surface area contributed by atoms with Gasteiger partial charge in [-0.15, -0.1) is 0 Å². The minimum absolute atomic E-state index is 0.0146. The maximum atomic E-state index is 13.2. The number of aliphatic carboxylic acids is 1. The van der Waals surface area contributed by atoms with Gasteiger partial charge in [0, 0.05) is 18.0 Å². The number of carboxylic acids is 1. The van der Waals surface area contributed by atoms with Crippen molar-refractivity contribution in [3.05, 3.63) is 47.9 Å². The van der Waals surface area contributed by atoms with Crippen LogP contribution < -0.4 is 0 Å². The Kier molecular flexibility index (Phi) is 3.91. The lowest BCUT2D eigenvalue weighted by Crippen LogP contribution is -2.31. The Morgan fingerprint density at radius 2 is 1.68 bits per heavy atom. The van der Waals surface area contributed by atoms with Crippen LogP contribution in [-0.4, -0.2) is 21.0 Å². The Hall–Kier alpha value is -2.44. The van der Waals surface area contributed by atoms with Gasteiger partial charge in [0.1, 0.15) is 5.41 Å². The smallest absolute Gasteiger partial charge is 0.417 e. The third kappa shape index (κ3) is 2.79. The molecule has 1 N–H and O–H groups in total. The molecule has 0 radical (unpaired) electrons. The summed E-state index contributed by atoms with van der Waals surface area (Å²) < 4.78 is 39.5. The van der Waals surface area contributed by atoms with Gasteiger partial charge in [0.25, 0.3) is 0 Å². The van der Waals surface area contributed by atoms with Crippen LogP contribution >= 0.6 is 0 Å².